The van der Waals surface area contributed by atoms with Crippen LogP contribution >= 0.6 is 24.0 Å². The van der Waals surface area contributed by atoms with Gasteiger partial charge in [0.2, 0.25) is 0 Å². The summed E-state index contributed by atoms with van der Waals surface area (Å²) in [6, 6.07) is 3.84. The number of hydrogen-bond acceptors (Lipinski definition) is 4. The highest BCUT2D eigenvalue weighted by molar-refractivity contribution is 14.0. The average molecular weight is 423 g/mol. The number of furan rings is 1. The molecule has 0 radical (unpaired) electrons. The number of ether oxygens (including phenoxy) is 1. The van der Waals surface area contributed by atoms with Gasteiger partial charge in [-0.2, -0.15) is 0 Å². The summed E-state index contributed by atoms with van der Waals surface area (Å²) in [6.07, 6.45) is 3.76. The van der Waals surface area contributed by atoms with Gasteiger partial charge in [0.25, 0.3) is 0 Å². The van der Waals surface area contributed by atoms with Crippen molar-refractivity contribution in [2.75, 3.05) is 32.8 Å². The van der Waals surface area contributed by atoms with Crippen LogP contribution in [0, 0.1) is 0 Å². The van der Waals surface area contributed by atoms with Crippen LogP contribution in [-0.2, 0) is 11.2 Å². The van der Waals surface area contributed by atoms with Crippen molar-refractivity contribution in [1.29, 1.82) is 0 Å². The number of aliphatic imine (C=N–C) groups is 1. The molecule has 0 saturated carbocycles. The quantitative estimate of drug-likeness (QED) is 0.368. The topological polar surface area (TPSA) is 79.0 Å². The van der Waals surface area contributed by atoms with Gasteiger partial charge < -0.3 is 24.9 Å². The molecule has 1 fully saturated rings. The number of nitrogens with zero attached hydrogens (tertiary/aromatic N) is 1. The van der Waals surface area contributed by atoms with Crippen LogP contribution in [0.2, 0.25) is 0 Å². The number of halogens is 1. The van der Waals surface area contributed by atoms with Gasteiger partial charge in [0.15, 0.2) is 5.96 Å². The van der Waals surface area contributed by atoms with Crippen molar-refractivity contribution in [3.63, 3.8) is 0 Å². The Morgan fingerprint density at radius 1 is 1.36 bits per heavy atom. The van der Waals surface area contributed by atoms with E-state index in [2.05, 4.69) is 15.6 Å². The number of nitrogens with one attached hydrogen (secondary N) is 2. The molecule has 0 aliphatic carbocycles. The normalized spacial score (nSPS) is 17.6. The third kappa shape index (κ3) is 6.53. The zero-order chi connectivity index (χ0) is 15.0. The number of aliphatic hydroxyl groups is 1. The van der Waals surface area contributed by atoms with Crippen LogP contribution in [0.15, 0.2) is 27.8 Å². The van der Waals surface area contributed by atoms with Gasteiger partial charge in [0, 0.05) is 45.6 Å². The van der Waals surface area contributed by atoms with Crippen LogP contribution in [0.1, 0.15) is 25.5 Å². The van der Waals surface area contributed by atoms with E-state index in [1.807, 2.05) is 19.1 Å². The number of rotatable bonds is 6. The number of guanidine groups is 1. The van der Waals surface area contributed by atoms with E-state index < -0.39 is 5.60 Å². The fourth-order valence-corrected chi connectivity index (χ4v) is 2.24. The second kappa shape index (κ2) is 10.1. The fourth-order valence-electron chi connectivity index (χ4n) is 2.24. The highest BCUT2D eigenvalue weighted by Crippen LogP contribution is 2.20. The Hall–Kier alpha value is -0.800. The molecule has 6 nitrogen and oxygen atoms in total. The zero-order valence-electron chi connectivity index (χ0n) is 13.0. The lowest BCUT2D eigenvalue weighted by atomic mass is 9.95. The van der Waals surface area contributed by atoms with Gasteiger partial charge >= 0.3 is 0 Å². The molecule has 7 heteroatoms. The first-order chi connectivity index (χ1) is 10.2. The number of hydrogen-bond donors (Lipinski definition) is 3. The van der Waals surface area contributed by atoms with Gasteiger partial charge in [-0.3, -0.25) is 4.99 Å². The van der Waals surface area contributed by atoms with Crippen LogP contribution in [0.4, 0.5) is 0 Å². The molecule has 3 N–H and O–H groups in total. The van der Waals surface area contributed by atoms with E-state index in [1.54, 1.807) is 6.26 Å². The molecule has 0 amide bonds. The van der Waals surface area contributed by atoms with Crippen LogP contribution in [0.5, 0.6) is 0 Å². The molecule has 0 atom stereocenters. The fraction of sp³-hybridized carbons (Fsp3) is 0.667. The summed E-state index contributed by atoms with van der Waals surface area (Å²) in [5.74, 6) is 1.67. The van der Waals surface area contributed by atoms with E-state index in [0.717, 1.165) is 31.2 Å². The second-order valence-corrected chi connectivity index (χ2v) is 5.29. The lowest BCUT2D eigenvalue weighted by Crippen LogP contribution is -2.43. The Bertz CT molecular complexity index is 431. The van der Waals surface area contributed by atoms with E-state index in [4.69, 9.17) is 9.15 Å². The third-order valence-corrected chi connectivity index (χ3v) is 3.54. The van der Waals surface area contributed by atoms with Crippen molar-refractivity contribution < 1.29 is 14.3 Å². The predicted molar refractivity (Wildman–Crippen MR) is 96.8 cm³/mol. The van der Waals surface area contributed by atoms with Crippen molar-refractivity contribution in [2.24, 2.45) is 4.99 Å². The molecule has 2 rings (SSSR count). The summed E-state index contributed by atoms with van der Waals surface area (Å²) in [5.41, 5.74) is -0.735. The summed E-state index contributed by atoms with van der Waals surface area (Å²) in [7, 11) is 0. The van der Waals surface area contributed by atoms with Crippen LogP contribution in [-0.4, -0.2) is 49.5 Å². The van der Waals surface area contributed by atoms with Gasteiger partial charge in [-0.15, -0.1) is 24.0 Å². The minimum absolute atomic E-state index is 0. The van der Waals surface area contributed by atoms with Gasteiger partial charge in [-0.25, -0.2) is 0 Å². The Morgan fingerprint density at radius 2 is 2.14 bits per heavy atom. The van der Waals surface area contributed by atoms with E-state index in [-0.39, 0.29) is 24.0 Å². The molecule has 0 spiro atoms. The molecule has 1 aliphatic rings. The highest BCUT2D eigenvalue weighted by atomic mass is 127. The molecule has 1 aromatic rings. The molecule has 2 heterocycles. The van der Waals surface area contributed by atoms with E-state index >= 15 is 0 Å². The third-order valence-electron chi connectivity index (χ3n) is 3.54. The molecular formula is C15H26IN3O3. The van der Waals surface area contributed by atoms with Crippen LogP contribution in [0.3, 0.4) is 0 Å². The molecule has 0 unspecified atom stereocenters. The van der Waals surface area contributed by atoms with Crippen molar-refractivity contribution >= 4 is 29.9 Å². The van der Waals surface area contributed by atoms with E-state index in [0.29, 0.717) is 32.6 Å². The van der Waals surface area contributed by atoms with E-state index in [1.165, 1.54) is 0 Å². The summed E-state index contributed by atoms with van der Waals surface area (Å²) in [6.45, 7) is 5.15. The summed E-state index contributed by atoms with van der Waals surface area (Å²) in [5, 5.41) is 16.8. The molecule has 1 aromatic heterocycles. The van der Waals surface area contributed by atoms with Crippen LogP contribution < -0.4 is 10.6 Å². The molecule has 22 heavy (non-hydrogen) atoms. The lowest BCUT2D eigenvalue weighted by molar-refractivity contribution is -0.0565. The second-order valence-electron chi connectivity index (χ2n) is 5.29. The average Bonchev–Trinajstić information content (AvgIpc) is 2.99. The maximum absolute atomic E-state index is 10.4. The Kier molecular flexibility index (Phi) is 8.81. The lowest BCUT2D eigenvalue weighted by Gasteiger charge is -2.30. The minimum Gasteiger partial charge on any atom is -0.469 e. The summed E-state index contributed by atoms with van der Waals surface area (Å²) >= 11 is 0. The van der Waals surface area contributed by atoms with Crippen molar-refractivity contribution in [1.82, 2.24) is 10.6 Å². The predicted octanol–water partition coefficient (Wildman–Crippen LogP) is 1.54. The van der Waals surface area contributed by atoms with Gasteiger partial charge in [-0.1, -0.05) is 0 Å². The standard InChI is InChI=1S/C15H25N3O3.HI/c1-2-16-14(17-8-5-13-4-3-9-21-13)18-12-15(19)6-10-20-11-7-15;/h3-4,9,19H,2,5-8,10-12H2,1H3,(H2,16,17,18);1H. The maximum Gasteiger partial charge on any atom is 0.191 e. The molecule has 0 aromatic carbocycles. The first kappa shape index (κ1) is 19.2. The van der Waals surface area contributed by atoms with E-state index in [9.17, 15) is 5.11 Å². The van der Waals surface area contributed by atoms with Gasteiger partial charge in [0.05, 0.1) is 18.4 Å². The Balaban J connectivity index is 0.00000242. The van der Waals surface area contributed by atoms with Gasteiger partial charge in [0.1, 0.15) is 5.76 Å². The monoisotopic (exact) mass is 423 g/mol. The minimum atomic E-state index is -0.735. The largest absolute Gasteiger partial charge is 0.469 e. The first-order valence-electron chi connectivity index (χ1n) is 7.56. The zero-order valence-corrected chi connectivity index (χ0v) is 15.3. The Morgan fingerprint density at radius 3 is 2.77 bits per heavy atom. The van der Waals surface area contributed by atoms with Crippen molar-refractivity contribution in [3.05, 3.63) is 24.2 Å². The molecular weight excluding hydrogens is 397 g/mol. The smallest absolute Gasteiger partial charge is 0.191 e. The first-order valence-corrected chi connectivity index (χ1v) is 7.56. The summed E-state index contributed by atoms with van der Waals surface area (Å²) in [4.78, 5) is 4.49. The molecule has 126 valence electrons. The molecule has 1 aliphatic heterocycles. The maximum atomic E-state index is 10.4. The highest BCUT2D eigenvalue weighted by Gasteiger charge is 2.29. The van der Waals surface area contributed by atoms with Crippen LogP contribution in [0.25, 0.3) is 0 Å². The van der Waals surface area contributed by atoms with Crippen molar-refractivity contribution in [3.8, 4) is 0 Å². The summed E-state index contributed by atoms with van der Waals surface area (Å²) < 4.78 is 10.6. The van der Waals surface area contributed by atoms with Crippen molar-refractivity contribution in [2.45, 2.75) is 31.8 Å². The molecule has 1 saturated heterocycles. The molecule has 0 bridgehead atoms. The van der Waals surface area contributed by atoms with Gasteiger partial charge in [-0.05, 0) is 19.1 Å². The SMILES string of the molecule is CCNC(=NCC1(O)CCOCC1)NCCc1ccco1.I. The Labute approximate surface area is 148 Å².